The zero-order valence-electron chi connectivity index (χ0n) is 10.5. The first-order chi connectivity index (χ1) is 7.74. The lowest BCUT2D eigenvalue weighted by atomic mass is 10.1. The van der Waals surface area contributed by atoms with Crippen molar-refractivity contribution < 1.29 is 9.90 Å². The molecule has 2 amide bonds. The summed E-state index contributed by atoms with van der Waals surface area (Å²) in [5, 5.41) is 9.06. The molecule has 0 spiro atoms. The van der Waals surface area contributed by atoms with Gasteiger partial charge in [0.05, 0.1) is 6.61 Å². The summed E-state index contributed by atoms with van der Waals surface area (Å²) in [7, 11) is 0. The molecular formula is C12H24N2O2. The first-order valence-corrected chi connectivity index (χ1v) is 6.41. The Morgan fingerprint density at radius 2 is 1.88 bits per heavy atom. The summed E-state index contributed by atoms with van der Waals surface area (Å²) >= 11 is 0. The molecule has 1 saturated heterocycles. The largest absolute Gasteiger partial charge is 0.395 e. The van der Waals surface area contributed by atoms with Crippen molar-refractivity contribution in [3.05, 3.63) is 0 Å². The topological polar surface area (TPSA) is 43.8 Å². The Morgan fingerprint density at radius 3 is 2.31 bits per heavy atom. The third-order valence-corrected chi connectivity index (χ3v) is 3.35. The number of amides is 2. The molecule has 16 heavy (non-hydrogen) atoms. The third-order valence-electron chi connectivity index (χ3n) is 3.35. The molecule has 0 aliphatic carbocycles. The Bertz CT molecular complexity index is 211. The van der Waals surface area contributed by atoms with Crippen molar-refractivity contribution in [3.8, 4) is 0 Å². The summed E-state index contributed by atoms with van der Waals surface area (Å²) in [4.78, 5) is 16.0. The van der Waals surface area contributed by atoms with Crippen molar-refractivity contribution >= 4 is 6.03 Å². The standard InChI is InChI=1S/C12H24N2O2/c1-3-11(4-2)14(9-10-15)12(16)13-7-5-6-8-13/h11,15H,3-10H2,1-2H3. The van der Waals surface area contributed by atoms with Crippen LogP contribution in [-0.2, 0) is 0 Å². The van der Waals surface area contributed by atoms with Crippen molar-refractivity contribution in [2.75, 3.05) is 26.2 Å². The third kappa shape index (κ3) is 3.11. The molecular weight excluding hydrogens is 204 g/mol. The van der Waals surface area contributed by atoms with Gasteiger partial charge in [-0.25, -0.2) is 4.79 Å². The van der Waals surface area contributed by atoms with E-state index in [1.165, 1.54) is 0 Å². The van der Waals surface area contributed by atoms with Gasteiger partial charge in [0.15, 0.2) is 0 Å². The van der Waals surface area contributed by atoms with Gasteiger partial charge in [0.1, 0.15) is 0 Å². The quantitative estimate of drug-likeness (QED) is 0.778. The molecule has 1 heterocycles. The van der Waals surface area contributed by atoms with Crippen LogP contribution in [-0.4, -0.2) is 53.2 Å². The predicted molar refractivity (Wildman–Crippen MR) is 64.4 cm³/mol. The summed E-state index contributed by atoms with van der Waals surface area (Å²) in [6.07, 6.45) is 4.13. The van der Waals surface area contributed by atoms with Crippen molar-refractivity contribution in [2.24, 2.45) is 0 Å². The molecule has 1 aliphatic heterocycles. The minimum absolute atomic E-state index is 0.0517. The predicted octanol–water partition coefficient (Wildman–Crippen LogP) is 1.69. The molecule has 4 heteroatoms. The van der Waals surface area contributed by atoms with E-state index in [2.05, 4.69) is 13.8 Å². The highest BCUT2D eigenvalue weighted by atomic mass is 16.3. The molecule has 0 aromatic carbocycles. The highest BCUT2D eigenvalue weighted by molar-refractivity contribution is 5.75. The number of aliphatic hydroxyl groups is 1. The maximum Gasteiger partial charge on any atom is 0.320 e. The first-order valence-electron chi connectivity index (χ1n) is 6.41. The Balaban J connectivity index is 2.63. The molecule has 0 aromatic heterocycles. The minimum Gasteiger partial charge on any atom is -0.395 e. The van der Waals surface area contributed by atoms with E-state index in [-0.39, 0.29) is 18.7 Å². The number of likely N-dealkylation sites (tertiary alicyclic amines) is 1. The van der Waals surface area contributed by atoms with E-state index in [4.69, 9.17) is 5.11 Å². The monoisotopic (exact) mass is 228 g/mol. The second kappa shape index (κ2) is 6.74. The van der Waals surface area contributed by atoms with Crippen molar-refractivity contribution in [2.45, 2.75) is 45.6 Å². The van der Waals surface area contributed by atoms with Gasteiger partial charge >= 0.3 is 6.03 Å². The number of carbonyl (C=O) groups is 1. The number of nitrogens with zero attached hydrogens (tertiary/aromatic N) is 2. The number of carbonyl (C=O) groups excluding carboxylic acids is 1. The average Bonchev–Trinajstić information content (AvgIpc) is 2.82. The summed E-state index contributed by atoms with van der Waals surface area (Å²) in [6.45, 7) is 6.45. The molecule has 94 valence electrons. The molecule has 1 rings (SSSR count). The maximum absolute atomic E-state index is 12.2. The Morgan fingerprint density at radius 1 is 1.31 bits per heavy atom. The van der Waals surface area contributed by atoms with E-state index >= 15 is 0 Å². The lowest BCUT2D eigenvalue weighted by Gasteiger charge is -2.33. The number of hydrogen-bond acceptors (Lipinski definition) is 2. The second-order valence-electron chi connectivity index (χ2n) is 4.36. The number of rotatable bonds is 5. The molecule has 0 aromatic rings. The van der Waals surface area contributed by atoms with Crippen LogP contribution in [0.3, 0.4) is 0 Å². The zero-order chi connectivity index (χ0) is 12.0. The molecule has 4 nitrogen and oxygen atoms in total. The van der Waals surface area contributed by atoms with Crippen LogP contribution in [0.1, 0.15) is 39.5 Å². The molecule has 0 radical (unpaired) electrons. The SMILES string of the molecule is CCC(CC)N(CCO)C(=O)N1CCCC1. The summed E-state index contributed by atoms with van der Waals surface area (Å²) < 4.78 is 0. The first kappa shape index (κ1) is 13.3. The van der Waals surface area contributed by atoms with Gasteiger partial charge in [0.25, 0.3) is 0 Å². The van der Waals surface area contributed by atoms with E-state index < -0.39 is 0 Å². The summed E-state index contributed by atoms with van der Waals surface area (Å²) in [5.41, 5.74) is 0. The molecule has 1 N–H and O–H groups in total. The van der Waals surface area contributed by atoms with Gasteiger partial charge in [0.2, 0.25) is 0 Å². The lowest BCUT2D eigenvalue weighted by molar-refractivity contribution is 0.121. The van der Waals surface area contributed by atoms with Crippen LogP contribution in [0.25, 0.3) is 0 Å². The number of hydrogen-bond donors (Lipinski definition) is 1. The van der Waals surface area contributed by atoms with Gasteiger partial charge in [-0.15, -0.1) is 0 Å². The smallest absolute Gasteiger partial charge is 0.320 e. The van der Waals surface area contributed by atoms with Gasteiger partial charge in [-0.3, -0.25) is 0 Å². The molecule has 1 aliphatic rings. The van der Waals surface area contributed by atoms with Crippen LogP contribution in [0.5, 0.6) is 0 Å². The fourth-order valence-corrected chi connectivity index (χ4v) is 2.36. The second-order valence-corrected chi connectivity index (χ2v) is 4.36. The highest BCUT2D eigenvalue weighted by Gasteiger charge is 2.26. The number of urea groups is 1. The van der Waals surface area contributed by atoms with Gasteiger partial charge in [0, 0.05) is 25.7 Å². The lowest BCUT2D eigenvalue weighted by Crippen LogP contribution is -2.48. The Labute approximate surface area is 98.2 Å². The van der Waals surface area contributed by atoms with E-state index in [0.29, 0.717) is 6.54 Å². The average molecular weight is 228 g/mol. The number of aliphatic hydroxyl groups excluding tert-OH is 1. The summed E-state index contributed by atoms with van der Waals surface area (Å²) in [6, 6.07) is 0.375. The molecule has 0 unspecified atom stereocenters. The van der Waals surface area contributed by atoms with Gasteiger partial charge in [-0.2, -0.15) is 0 Å². The van der Waals surface area contributed by atoms with Crippen LogP contribution in [0, 0.1) is 0 Å². The van der Waals surface area contributed by atoms with Crippen molar-refractivity contribution in [1.29, 1.82) is 0 Å². The van der Waals surface area contributed by atoms with Crippen LogP contribution in [0.2, 0.25) is 0 Å². The fraction of sp³-hybridized carbons (Fsp3) is 0.917. The molecule has 0 atom stereocenters. The van der Waals surface area contributed by atoms with Gasteiger partial charge < -0.3 is 14.9 Å². The van der Waals surface area contributed by atoms with Gasteiger partial charge in [-0.1, -0.05) is 13.8 Å². The van der Waals surface area contributed by atoms with E-state index in [1.807, 2.05) is 9.80 Å². The molecule has 0 saturated carbocycles. The Kier molecular flexibility index (Phi) is 5.60. The zero-order valence-corrected chi connectivity index (χ0v) is 10.5. The van der Waals surface area contributed by atoms with Crippen molar-refractivity contribution in [3.63, 3.8) is 0 Å². The van der Waals surface area contributed by atoms with Crippen molar-refractivity contribution in [1.82, 2.24) is 9.80 Å². The normalized spacial score (nSPS) is 15.9. The molecule has 0 bridgehead atoms. The van der Waals surface area contributed by atoms with E-state index in [1.54, 1.807) is 0 Å². The van der Waals surface area contributed by atoms with Crippen LogP contribution in [0.4, 0.5) is 4.79 Å². The van der Waals surface area contributed by atoms with Crippen LogP contribution in [0.15, 0.2) is 0 Å². The van der Waals surface area contributed by atoms with Crippen LogP contribution < -0.4 is 0 Å². The fourth-order valence-electron chi connectivity index (χ4n) is 2.36. The van der Waals surface area contributed by atoms with Gasteiger partial charge in [-0.05, 0) is 25.7 Å². The van der Waals surface area contributed by atoms with E-state index in [9.17, 15) is 4.79 Å². The molecule has 1 fully saturated rings. The minimum atomic E-state index is 0.0517. The van der Waals surface area contributed by atoms with E-state index in [0.717, 1.165) is 38.8 Å². The highest BCUT2D eigenvalue weighted by Crippen LogP contribution is 2.15. The van der Waals surface area contributed by atoms with Crippen LogP contribution >= 0.6 is 0 Å². The summed E-state index contributed by atoms with van der Waals surface area (Å²) in [5.74, 6) is 0. The maximum atomic E-state index is 12.2. The Hall–Kier alpha value is -0.770.